The summed E-state index contributed by atoms with van der Waals surface area (Å²) in [5, 5.41) is 0. The average Bonchev–Trinajstić information content (AvgIpc) is 2.18. The van der Waals surface area contributed by atoms with Crippen molar-refractivity contribution in [2.75, 3.05) is 0 Å². The largest absolute Gasteiger partial charge is 0.460 e. The zero-order valence-electron chi connectivity index (χ0n) is 7.01. The SMILES string of the molecule is C[C@@H]1OC(=O)[C@@H]2[C@H]1C(=O)N2S(=O)(=O)Cl. The van der Waals surface area contributed by atoms with Gasteiger partial charge in [-0.25, -0.2) is 9.10 Å². The minimum absolute atomic E-state index is 0.366. The molecular formula is C6H6ClNO5S. The number of nitrogens with zero attached hydrogens (tertiary/aromatic N) is 1. The van der Waals surface area contributed by atoms with Crippen molar-refractivity contribution in [3.8, 4) is 0 Å². The zero-order chi connectivity index (χ0) is 10.7. The highest BCUT2D eigenvalue weighted by Gasteiger charge is 2.64. The van der Waals surface area contributed by atoms with Gasteiger partial charge in [0.25, 0.3) is 0 Å². The molecule has 8 heteroatoms. The molecule has 1 amide bonds. The Labute approximate surface area is 84.3 Å². The normalized spacial score (nSPS) is 36.4. The highest BCUT2D eigenvalue weighted by atomic mass is 35.7. The Bertz CT molecular complexity index is 418. The van der Waals surface area contributed by atoms with Crippen LogP contribution < -0.4 is 0 Å². The summed E-state index contributed by atoms with van der Waals surface area (Å²) in [6.07, 6.45) is -0.574. The molecule has 0 aromatic heterocycles. The number of hydrogen-bond donors (Lipinski definition) is 0. The van der Waals surface area contributed by atoms with E-state index in [2.05, 4.69) is 0 Å². The molecule has 0 aliphatic carbocycles. The summed E-state index contributed by atoms with van der Waals surface area (Å²) in [4.78, 5) is 22.4. The summed E-state index contributed by atoms with van der Waals surface area (Å²) in [7, 11) is 0.808. The van der Waals surface area contributed by atoms with Gasteiger partial charge in [-0.1, -0.05) is 0 Å². The van der Waals surface area contributed by atoms with E-state index in [1.807, 2.05) is 0 Å². The molecule has 2 aliphatic heterocycles. The van der Waals surface area contributed by atoms with Gasteiger partial charge in [-0.3, -0.25) is 4.79 Å². The van der Waals surface area contributed by atoms with Gasteiger partial charge in [0, 0.05) is 10.7 Å². The fourth-order valence-electron chi connectivity index (χ4n) is 1.75. The van der Waals surface area contributed by atoms with Crippen molar-refractivity contribution in [3.63, 3.8) is 0 Å². The van der Waals surface area contributed by atoms with Crippen LogP contribution in [0.3, 0.4) is 0 Å². The van der Waals surface area contributed by atoms with E-state index >= 15 is 0 Å². The van der Waals surface area contributed by atoms with Crippen LogP contribution in [0.1, 0.15) is 6.92 Å². The molecule has 0 aromatic carbocycles. The fraction of sp³-hybridized carbons (Fsp3) is 0.667. The van der Waals surface area contributed by atoms with E-state index in [4.69, 9.17) is 15.4 Å². The third-order valence-corrected chi connectivity index (χ3v) is 3.70. The van der Waals surface area contributed by atoms with Crippen LogP contribution in [0, 0.1) is 5.92 Å². The highest BCUT2D eigenvalue weighted by molar-refractivity contribution is 8.12. The lowest BCUT2D eigenvalue weighted by molar-refractivity contribution is -0.151. The van der Waals surface area contributed by atoms with Gasteiger partial charge in [-0.05, 0) is 6.92 Å². The predicted octanol–water partition coefficient (Wildman–Crippen LogP) is -0.758. The molecule has 0 N–H and O–H groups in total. The maximum atomic E-state index is 11.3. The third kappa shape index (κ3) is 1.05. The highest BCUT2D eigenvalue weighted by Crippen LogP contribution is 2.40. The molecule has 2 saturated heterocycles. The summed E-state index contributed by atoms with van der Waals surface area (Å²) >= 11 is 0. The molecule has 78 valence electrons. The van der Waals surface area contributed by atoms with Gasteiger partial charge in [0.2, 0.25) is 5.91 Å². The first-order valence-electron chi connectivity index (χ1n) is 3.82. The minimum Gasteiger partial charge on any atom is -0.460 e. The summed E-state index contributed by atoms with van der Waals surface area (Å²) in [5.41, 5.74) is 0. The first-order chi connectivity index (χ1) is 6.34. The van der Waals surface area contributed by atoms with Crippen LogP contribution in [-0.4, -0.2) is 36.7 Å². The van der Waals surface area contributed by atoms with Gasteiger partial charge in [-0.2, -0.15) is 8.42 Å². The number of β-lactam (4-membered cyclic amide) rings is 1. The van der Waals surface area contributed by atoms with E-state index in [-0.39, 0.29) is 0 Å². The number of hydrogen-bond acceptors (Lipinski definition) is 5. The Morgan fingerprint density at radius 2 is 2.00 bits per heavy atom. The van der Waals surface area contributed by atoms with Crippen molar-refractivity contribution < 1.29 is 22.7 Å². The number of cyclic esters (lactones) is 1. The lowest BCUT2D eigenvalue weighted by Gasteiger charge is -2.37. The summed E-state index contributed by atoms with van der Waals surface area (Å²) < 4.78 is 26.8. The number of ether oxygens (including phenoxy) is 1. The number of rotatable bonds is 1. The molecule has 0 spiro atoms. The number of carbonyl (C=O) groups excluding carboxylic acids is 2. The molecule has 2 heterocycles. The van der Waals surface area contributed by atoms with E-state index in [1.54, 1.807) is 6.92 Å². The zero-order valence-corrected chi connectivity index (χ0v) is 8.58. The number of amides is 1. The lowest BCUT2D eigenvalue weighted by atomic mass is 9.89. The smallest absolute Gasteiger partial charge is 0.331 e. The van der Waals surface area contributed by atoms with Gasteiger partial charge in [0.1, 0.15) is 12.0 Å². The van der Waals surface area contributed by atoms with E-state index in [1.165, 1.54) is 0 Å². The Kier molecular flexibility index (Phi) is 1.81. The van der Waals surface area contributed by atoms with Crippen LogP contribution >= 0.6 is 10.7 Å². The van der Waals surface area contributed by atoms with E-state index in [9.17, 15) is 18.0 Å². The van der Waals surface area contributed by atoms with Gasteiger partial charge in [0.05, 0.1) is 0 Å². The molecule has 6 nitrogen and oxygen atoms in total. The van der Waals surface area contributed by atoms with Crippen molar-refractivity contribution in [3.05, 3.63) is 0 Å². The molecule has 2 aliphatic rings. The van der Waals surface area contributed by atoms with Crippen LogP contribution in [0.25, 0.3) is 0 Å². The number of carbonyl (C=O) groups is 2. The average molecular weight is 240 g/mol. The second-order valence-corrected chi connectivity index (χ2v) is 5.58. The quantitative estimate of drug-likeness (QED) is 0.341. The molecule has 2 rings (SSSR count). The molecule has 14 heavy (non-hydrogen) atoms. The van der Waals surface area contributed by atoms with Crippen molar-refractivity contribution in [2.45, 2.75) is 19.1 Å². The lowest BCUT2D eigenvalue weighted by Crippen LogP contribution is -2.63. The van der Waals surface area contributed by atoms with Crippen LogP contribution in [0.4, 0.5) is 0 Å². The Morgan fingerprint density at radius 3 is 2.50 bits per heavy atom. The van der Waals surface area contributed by atoms with Gasteiger partial charge in [0.15, 0.2) is 6.04 Å². The number of esters is 1. The van der Waals surface area contributed by atoms with Crippen LogP contribution in [0.2, 0.25) is 0 Å². The van der Waals surface area contributed by atoms with Crippen molar-refractivity contribution in [1.29, 1.82) is 0 Å². The molecule has 0 saturated carbocycles. The Balaban J connectivity index is 2.36. The molecule has 0 radical (unpaired) electrons. The van der Waals surface area contributed by atoms with Gasteiger partial charge in [-0.15, -0.1) is 0 Å². The molecule has 0 aromatic rings. The first kappa shape index (κ1) is 9.72. The predicted molar refractivity (Wildman–Crippen MR) is 44.5 cm³/mol. The van der Waals surface area contributed by atoms with Crippen molar-refractivity contribution in [1.82, 2.24) is 4.31 Å². The summed E-state index contributed by atoms with van der Waals surface area (Å²) in [5.74, 6) is -2.09. The Morgan fingerprint density at radius 1 is 1.43 bits per heavy atom. The Hall–Kier alpha value is -0.820. The monoisotopic (exact) mass is 239 g/mol. The van der Waals surface area contributed by atoms with E-state index < -0.39 is 39.2 Å². The standard InChI is InChI=1S/C6H6ClNO5S/c1-2-3-4(6(10)13-2)8(5(3)9)14(7,11)12/h2-4H,1H3/t2-,3-,4-/m0/s1. The minimum atomic E-state index is -4.17. The topological polar surface area (TPSA) is 80.8 Å². The molecular weight excluding hydrogens is 234 g/mol. The molecule has 2 fully saturated rings. The van der Waals surface area contributed by atoms with Crippen molar-refractivity contribution >= 4 is 31.8 Å². The van der Waals surface area contributed by atoms with Crippen LogP contribution in [-0.2, 0) is 23.6 Å². The van der Waals surface area contributed by atoms with Crippen LogP contribution in [0.5, 0.6) is 0 Å². The maximum Gasteiger partial charge on any atom is 0.331 e. The van der Waals surface area contributed by atoms with Crippen molar-refractivity contribution in [2.24, 2.45) is 5.92 Å². The summed E-state index contributed by atoms with van der Waals surface area (Å²) in [6.45, 7) is 1.54. The molecule has 3 atom stereocenters. The molecule has 0 unspecified atom stereocenters. The fourth-order valence-corrected chi connectivity index (χ4v) is 3.04. The molecule has 0 bridgehead atoms. The van der Waals surface area contributed by atoms with E-state index in [0.717, 1.165) is 0 Å². The van der Waals surface area contributed by atoms with Gasteiger partial charge < -0.3 is 4.74 Å². The third-order valence-electron chi connectivity index (χ3n) is 2.38. The summed E-state index contributed by atoms with van der Waals surface area (Å²) in [6, 6.07) is -1.06. The van der Waals surface area contributed by atoms with Gasteiger partial charge >= 0.3 is 15.2 Å². The maximum absolute atomic E-state index is 11.3. The second kappa shape index (κ2) is 2.60. The number of halogens is 1. The van der Waals surface area contributed by atoms with E-state index in [0.29, 0.717) is 4.31 Å². The van der Waals surface area contributed by atoms with Crippen LogP contribution in [0.15, 0.2) is 0 Å². The second-order valence-electron chi connectivity index (χ2n) is 3.19. The number of fused-ring (bicyclic) bond motifs is 1. The first-order valence-corrected chi connectivity index (χ1v) is 6.09.